The van der Waals surface area contributed by atoms with Gasteiger partial charge in [-0.1, -0.05) is 126 Å². The van der Waals surface area contributed by atoms with Crippen LogP contribution in [0.25, 0.3) is 5.57 Å². The Morgan fingerprint density at radius 3 is 1.86 bits per heavy atom. The quantitative estimate of drug-likeness (QED) is 0.311. The third-order valence-electron chi connectivity index (χ3n) is 6.17. The lowest BCUT2D eigenvalue weighted by molar-refractivity contribution is 0.280. The highest BCUT2D eigenvalue weighted by atomic mass is 16.3. The van der Waals surface area contributed by atoms with Gasteiger partial charge in [0.1, 0.15) is 0 Å². The lowest BCUT2D eigenvalue weighted by Gasteiger charge is -2.16. The van der Waals surface area contributed by atoms with Gasteiger partial charge in [-0.05, 0) is 68.7 Å². The molecule has 1 N–H and O–H groups in total. The zero-order valence-electron chi connectivity index (χ0n) is 24.4. The molecule has 0 bridgehead atoms. The smallest absolute Gasteiger partial charge is 0.0904 e. The molecule has 0 aliphatic heterocycles. The van der Waals surface area contributed by atoms with Gasteiger partial charge >= 0.3 is 0 Å². The second kappa shape index (κ2) is 16.2. The van der Waals surface area contributed by atoms with Crippen LogP contribution < -0.4 is 0 Å². The van der Waals surface area contributed by atoms with Crippen molar-refractivity contribution in [1.82, 2.24) is 0 Å². The van der Waals surface area contributed by atoms with E-state index in [1.165, 1.54) is 51.8 Å². The van der Waals surface area contributed by atoms with E-state index in [0.29, 0.717) is 0 Å². The Hall–Kier alpha value is -2.54. The van der Waals surface area contributed by atoms with Gasteiger partial charge < -0.3 is 5.11 Å². The van der Waals surface area contributed by atoms with Crippen LogP contribution in [-0.2, 0) is 0 Å². The molecule has 0 spiro atoms. The van der Waals surface area contributed by atoms with Crippen molar-refractivity contribution in [3.05, 3.63) is 101 Å². The third kappa shape index (κ3) is 12.6. The predicted molar refractivity (Wildman–Crippen MR) is 159 cm³/mol. The molecule has 0 saturated heterocycles. The van der Waals surface area contributed by atoms with Crippen molar-refractivity contribution >= 4 is 5.57 Å². The zero-order chi connectivity index (χ0) is 27.2. The third-order valence-corrected chi connectivity index (χ3v) is 6.17. The average Bonchev–Trinajstić information content (AvgIpc) is 2.77. The molecule has 1 heteroatoms. The Kier molecular flexibility index (Phi) is 15.0. The van der Waals surface area contributed by atoms with Crippen LogP contribution in [0.2, 0.25) is 0 Å². The van der Waals surface area contributed by atoms with Gasteiger partial charge in [0.25, 0.3) is 0 Å². The second-order valence-corrected chi connectivity index (χ2v) is 10.8. The number of aliphatic hydroxyl groups excluding tert-OH is 1. The predicted octanol–water partition coefficient (Wildman–Crippen LogP) is 10.9. The minimum atomic E-state index is -0.139. The molecular weight excluding hydrogens is 424 g/mol. The van der Waals surface area contributed by atoms with Crippen LogP contribution in [0.15, 0.2) is 73.0 Å². The van der Waals surface area contributed by atoms with E-state index in [0.717, 1.165) is 18.8 Å². The van der Waals surface area contributed by atoms with E-state index < -0.39 is 0 Å². The van der Waals surface area contributed by atoms with Crippen molar-refractivity contribution in [1.29, 1.82) is 0 Å². The van der Waals surface area contributed by atoms with Crippen molar-refractivity contribution in [2.75, 3.05) is 0 Å². The number of allylic oxidation sites excluding steroid dienone is 3. The normalized spacial score (nSPS) is 12.3. The summed E-state index contributed by atoms with van der Waals surface area (Å²) in [7, 11) is 0. The Labute approximate surface area is 217 Å². The first-order chi connectivity index (χ1) is 16.3. The number of aliphatic hydroxyl groups is 1. The largest absolute Gasteiger partial charge is 0.512 e. The number of benzene rings is 2. The maximum Gasteiger partial charge on any atom is 0.0904 e. The molecule has 2 aromatic rings. The fraction of sp³-hybridized carbons (Fsp3) is 0.471. The van der Waals surface area contributed by atoms with Gasteiger partial charge in [0.2, 0.25) is 0 Å². The summed E-state index contributed by atoms with van der Waals surface area (Å²) in [6.07, 6.45) is 6.75. The maximum absolute atomic E-state index is 8.69. The van der Waals surface area contributed by atoms with Gasteiger partial charge in [-0.2, -0.15) is 0 Å². The molecule has 1 unspecified atom stereocenters. The minimum Gasteiger partial charge on any atom is -0.512 e. The van der Waals surface area contributed by atoms with E-state index in [9.17, 15) is 0 Å². The molecule has 2 aromatic carbocycles. The van der Waals surface area contributed by atoms with Crippen molar-refractivity contribution in [3.8, 4) is 0 Å². The van der Waals surface area contributed by atoms with Gasteiger partial charge in [-0.15, -0.1) is 6.58 Å². The van der Waals surface area contributed by atoms with Gasteiger partial charge in [-0.25, -0.2) is 0 Å². The van der Waals surface area contributed by atoms with Crippen LogP contribution in [0.3, 0.4) is 0 Å². The molecule has 35 heavy (non-hydrogen) atoms. The molecule has 0 aromatic heterocycles. The summed E-state index contributed by atoms with van der Waals surface area (Å²) < 4.78 is 0. The van der Waals surface area contributed by atoms with E-state index in [4.69, 9.17) is 5.11 Å². The number of hydrogen-bond acceptors (Lipinski definition) is 1. The molecule has 1 atom stereocenters. The van der Waals surface area contributed by atoms with Crippen LogP contribution >= 0.6 is 0 Å². The molecule has 0 radical (unpaired) electrons. The highest BCUT2D eigenvalue weighted by Crippen LogP contribution is 2.31. The highest BCUT2D eigenvalue weighted by Gasteiger charge is 2.12. The molecule has 0 aliphatic carbocycles. The van der Waals surface area contributed by atoms with Gasteiger partial charge in [0, 0.05) is 5.41 Å². The van der Waals surface area contributed by atoms with Gasteiger partial charge in [0.05, 0.1) is 5.76 Å². The van der Waals surface area contributed by atoms with Crippen molar-refractivity contribution in [2.45, 2.75) is 94.9 Å². The molecule has 1 nitrogen and oxygen atoms in total. The molecular formula is C34H52O. The van der Waals surface area contributed by atoms with Crippen LogP contribution in [0.1, 0.15) is 102 Å². The first-order valence-electron chi connectivity index (χ1n) is 13.1. The van der Waals surface area contributed by atoms with E-state index >= 15 is 0 Å². The van der Waals surface area contributed by atoms with Gasteiger partial charge in [-0.3, -0.25) is 0 Å². The summed E-state index contributed by atoms with van der Waals surface area (Å²) in [5.41, 5.74) is 9.46. The summed E-state index contributed by atoms with van der Waals surface area (Å²) in [5, 5.41) is 8.69. The zero-order valence-corrected chi connectivity index (χ0v) is 24.4. The van der Waals surface area contributed by atoms with E-state index in [2.05, 4.69) is 104 Å². The summed E-state index contributed by atoms with van der Waals surface area (Å²) in [6.45, 7) is 28.2. The topological polar surface area (TPSA) is 20.2 Å². The summed E-state index contributed by atoms with van der Waals surface area (Å²) in [5.74, 6) is 1.07. The fourth-order valence-corrected chi connectivity index (χ4v) is 3.40. The number of aryl methyl sites for hydroxylation is 3. The van der Waals surface area contributed by atoms with Crippen LogP contribution in [0, 0.1) is 32.1 Å². The minimum absolute atomic E-state index is 0.139. The maximum atomic E-state index is 8.69. The Morgan fingerprint density at radius 1 is 0.971 bits per heavy atom. The summed E-state index contributed by atoms with van der Waals surface area (Å²) >= 11 is 0. The number of hydrogen-bond donors (Lipinski definition) is 1. The van der Waals surface area contributed by atoms with E-state index in [1.807, 2.05) is 26.8 Å². The molecule has 2 rings (SSSR count). The van der Waals surface area contributed by atoms with Crippen molar-refractivity contribution in [3.63, 3.8) is 0 Å². The first kappa shape index (κ1) is 32.5. The van der Waals surface area contributed by atoms with Crippen LogP contribution in [-0.4, -0.2) is 5.11 Å². The molecule has 0 saturated carbocycles. The Morgan fingerprint density at radius 2 is 1.49 bits per heavy atom. The summed E-state index contributed by atoms with van der Waals surface area (Å²) in [4.78, 5) is 0. The van der Waals surface area contributed by atoms with E-state index in [-0.39, 0.29) is 11.2 Å². The van der Waals surface area contributed by atoms with Crippen molar-refractivity contribution < 1.29 is 5.11 Å². The molecule has 0 heterocycles. The second-order valence-electron chi connectivity index (χ2n) is 10.8. The van der Waals surface area contributed by atoms with E-state index in [1.54, 1.807) is 0 Å². The highest BCUT2D eigenvalue weighted by molar-refractivity contribution is 5.83. The van der Waals surface area contributed by atoms with Gasteiger partial charge in [0.15, 0.2) is 0 Å². The standard InChI is InChI=1S/C21H26.C7H14.C6H12O/c1-6-7-17(4)21(19-11-8-15(2)9-12-19)20-13-10-16(3)14-18(20)5;1-4-6-7(3)5-2;1-5(7)6(2,3)4/h8-14H,6-7H2,1-5H3;4,7H,1,5-6H2,2-3H3;7H,1H2,2-4H3/b21-17-;;. The SMILES string of the molecule is C=C(O)C(C)(C)C.C=CCC(C)CC.CCC/C(C)=C(/c1ccc(C)cc1)c1ccc(C)cc1C. The number of rotatable bonds is 7. The fourth-order valence-electron chi connectivity index (χ4n) is 3.40. The Bertz CT molecular complexity index is 936. The van der Waals surface area contributed by atoms with Crippen molar-refractivity contribution in [2.24, 2.45) is 11.3 Å². The lowest BCUT2D eigenvalue weighted by atomic mass is 9.88. The molecule has 0 fully saturated rings. The molecule has 0 aliphatic rings. The molecule has 194 valence electrons. The molecule has 0 amide bonds. The monoisotopic (exact) mass is 476 g/mol. The Balaban J connectivity index is 0.000000680. The summed E-state index contributed by atoms with van der Waals surface area (Å²) in [6, 6.07) is 15.7. The first-order valence-corrected chi connectivity index (χ1v) is 13.1. The lowest BCUT2D eigenvalue weighted by Crippen LogP contribution is -2.06. The van der Waals surface area contributed by atoms with Crippen LogP contribution in [0.4, 0.5) is 0 Å². The average molecular weight is 477 g/mol. The van der Waals surface area contributed by atoms with Crippen LogP contribution in [0.5, 0.6) is 0 Å².